The first-order valence-electron chi connectivity index (χ1n) is 9.21. The zero-order chi connectivity index (χ0) is 18.6. The van der Waals surface area contributed by atoms with Gasteiger partial charge in [0.2, 0.25) is 0 Å². The molecule has 142 valence electrons. The van der Waals surface area contributed by atoms with Crippen molar-refractivity contribution in [3.8, 4) is 0 Å². The van der Waals surface area contributed by atoms with Gasteiger partial charge in [0.05, 0.1) is 13.2 Å². The van der Waals surface area contributed by atoms with E-state index < -0.39 is 5.91 Å². The lowest BCUT2D eigenvalue weighted by Gasteiger charge is -2.25. The minimum Gasteiger partial charge on any atom is -0.378 e. The number of anilines is 1. The lowest BCUT2D eigenvalue weighted by molar-refractivity contribution is 0.0844. The van der Waals surface area contributed by atoms with Gasteiger partial charge in [-0.25, -0.2) is 4.98 Å². The minimum atomic E-state index is -0.419. The van der Waals surface area contributed by atoms with Gasteiger partial charge in [0.1, 0.15) is 5.69 Å². The van der Waals surface area contributed by atoms with Crippen LogP contribution in [0.4, 0.5) is 5.13 Å². The lowest BCUT2D eigenvalue weighted by atomic mass is 9.90. The van der Waals surface area contributed by atoms with E-state index in [1.165, 1.54) is 28.9 Å². The highest BCUT2D eigenvalue weighted by Crippen LogP contribution is 2.23. The van der Waals surface area contributed by atoms with Crippen LogP contribution in [0.25, 0.3) is 0 Å². The number of benzene rings is 1. The zero-order valence-corrected chi connectivity index (χ0v) is 15.8. The molecule has 8 heteroatoms. The normalized spacial score (nSPS) is 16.5. The Bertz CT molecular complexity index is 845. The number of amides is 2. The summed E-state index contributed by atoms with van der Waals surface area (Å²) in [7, 11) is 0. The van der Waals surface area contributed by atoms with Gasteiger partial charge >= 0.3 is 0 Å². The van der Waals surface area contributed by atoms with Crippen molar-refractivity contribution in [3.05, 3.63) is 46.0 Å². The molecule has 1 saturated heterocycles. The average molecular weight is 386 g/mol. The van der Waals surface area contributed by atoms with Crippen LogP contribution >= 0.6 is 11.3 Å². The van der Waals surface area contributed by atoms with E-state index in [1.54, 1.807) is 5.38 Å². The average Bonchev–Trinajstić information content (AvgIpc) is 3.22. The van der Waals surface area contributed by atoms with E-state index in [0.29, 0.717) is 24.5 Å². The number of hydrazine groups is 1. The van der Waals surface area contributed by atoms with E-state index >= 15 is 0 Å². The van der Waals surface area contributed by atoms with Crippen LogP contribution in [-0.4, -0.2) is 43.1 Å². The highest BCUT2D eigenvalue weighted by atomic mass is 32.1. The van der Waals surface area contributed by atoms with Gasteiger partial charge in [-0.3, -0.25) is 20.4 Å². The Morgan fingerprint density at radius 2 is 1.78 bits per heavy atom. The predicted molar refractivity (Wildman–Crippen MR) is 103 cm³/mol. The monoisotopic (exact) mass is 386 g/mol. The number of carbonyl (C=O) groups excluding carboxylic acids is 2. The fourth-order valence-electron chi connectivity index (χ4n) is 3.39. The van der Waals surface area contributed by atoms with Crippen LogP contribution in [0.1, 0.15) is 44.8 Å². The summed E-state index contributed by atoms with van der Waals surface area (Å²) in [5.74, 6) is -0.738. The van der Waals surface area contributed by atoms with E-state index in [9.17, 15) is 9.59 Å². The third-order valence-electron chi connectivity index (χ3n) is 4.91. The molecule has 0 unspecified atom stereocenters. The fraction of sp³-hybridized carbons (Fsp3) is 0.421. The van der Waals surface area contributed by atoms with E-state index in [0.717, 1.165) is 37.5 Å². The number of carbonyl (C=O) groups is 2. The summed E-state index contributed by atoms with van der Waals surface area (Å²) in [5.41, 5.74) is 8.35. The number of thiazole rings is 1. The number of ether oxygens (including phenoxy) is 1. The second-order valence-electron chi connectivity index (χ2n) is 6.71. The third-order valence-corrected chi connectivity index (χ3v) is 5.81. The lowest BCUT2D eigenvalue weighted by Crippen LogP contribution is -2.42. The Kier molecular flexibility index (Phi) is 5.35. The Balaban J connectivity index is 1.35. The van der Waals surface area contributed by atoms with E-state index in [1.807, 2.05) is 18.2 Å². The topological polar surface area (TPSA) is 83.6 Å². The molecular weight excluding hydrogens is 364 g/mol. The van der Waals surface area contributed by atoms with Crippen LogP contribution in [0.5, 0.6) is 0 Å². The third kappa shape index (κ3) is 4.12. The molecule has 2 N–H and O–H groups in total. The molecule has 2 aromatic rings. The van der Waals surface area contributed by atoms with Crippen LogP contribution in [0.2, 0.25) is 0 Å². The van der Waals surface area contributed by atoms with Crippen LogP contribution in [0, 0.1) is 0 Å². The van der Waals surface area contributed by atoms with Crippen molar-refractivity contribution >= 4 is 28.3 Å². The molecule has 0 bridgehead atoms. The molecule has 1 fully saturated rings. The van der Waals surface area contributed by atoms with Gasteiger partial charge in [-0.1, -0.05) is 6.07 Å². The summed E-state index contributed by atoms with van der Waals surface area (Å²) in [4.78, 5) is 31.1. The number of aromatic nitrogens is 1. The second-order valence-corrected chi connectivity index (χ2v) is 7.55. The quantitative estimate of drug-likeness (QED) is 0.788. The maximum absolute atomic E-state index is 12.4. The van der Waals surface area contributed by atoms with Crippen molar-refractivity contribution in [1.29, 1.82) is 0 Å². The zero-order valence-electron chi connectivity index (χ0n) is 15.0. The van der Waals surface area contributed by atoms with Crippen molar-refractivity contribution in [2.24, 2.45) is 0 Å². The molecule has 1 aromatic carbocycles. The molecule has 4 rings (SSSR count). The van der Waals surface area contributed by atoms with Crippen molar-refractivity contribution in [1.82, 2.24) is 15.8 Å². The van der Waals surface area contributed by atoms with E-state index in [-0.39, 0.29) is 5.91 Å². The van der Waals surface area contributed by atoms with Gasteiger partial charge in [-0.2, -0.15) is 0 Å². The number of rotatable bonds is 3. The molecule has 2 aliphatic rings. The molecule has 0 spiro atoms. The molecule has 2 amide bonds. The maximum atomic E-state index is 12.4. The van der Waals surface area contributed by atoms with Gasteiger partial charge in [0.15, 0.2) is 5.13 Å². The number of morpholine rings is 1. The summed E-state index contributed by atoms with van der Waals surface area (Å²) >= 11 is 1.42. The Hall–Kier alpha value is -2.45. The first-order chi connectivity index (χ1) is 13.2. The van der Waals surface area contributed by atoms with Crippen molar-refractivity contribution in [3.63, 3.8) is 0 Å². The summed E-state index contributed by atoms with van der Waals surface area (Å²) < 4.78 is 5.33. The summed E-state index contributed by atoms with van der Waals surface area (Å²) in [6.45, 7) is 2.86. The largest absolute Gasteiger partial charge is 0.378 e. The molecule has 0 atom stereocenters. The SMILES string of the molecule is O=C(NNC(=O)c1csc(N2CCOCC2)n1)c1ccc2c(c1)CCCC2. The second kappa shape index (κ2) is 8.06. The Morgan fingerprint density at radius 3 is 2.59 bits per heavy atom. The van der Waals surface area contributed by atoms with Gasteiger partial charge < -0.3 is 9.64 Å². The van der Waals surface area contributed by atoms with Gasteiger partial charge in [0, 0.05) is 24.0 Å². The van der Waals surface area contributed by atoms with E-state index in [2.05, 4.69) is 20.7 Å². The molecular formula is C19H22N4O3S. The smallest absolute Gasteiger partial charge is 0.289 e. The number of nitrogens with zero attached hydrogens (tertiary/aromatic N) is 2. The number of nitrogens with one attached hydrogen (secondary N) is 2. The standard InChI is InChI=1S/C19H22N4O3S/c24-17(15-6-5-13-3-1-2-4-14(13)11-15)21-22-18(25)16-12-27-19(20-16)23-7-9-26-10-8-23/h5-6,11-12H,1-4,7-10H2,(H,21,24)(H,22,25). The maximum Gasteiger partial charge on any atom is 0.289 e. The first-order valence-corrected chi connectivity index (χ1v) is 10.1. The molecule has 7 nitrogen and oxygen atoms in total. The highest BCUT2D eigenvalue weighted by molar-refractivity contribution is 7.13. The van der Waals surface area contributed by atoms with E-state index in [4.69, 9.17) is 4.74 Å². The number of hydrogen-bond acceptors (Lipinski definition) is 6. The van der Waals surface area contributed by atoms with Crippen molar-refractivity contribution in [2.45, 2.75) is 25.7 Å². The number of aryl methyl sites for hydroxylation is 2. The fourth-order valence-corrected chi connectivity index (χ4v) is 4.25. The van der Waals surface area contributed by atoms with Gasteiger partial charge in [0.25, 0.3) is 11.8 Å². The molecule has 27 heavy (non-hydrogen) atoms. The molecule has 0 saturated carbocycles. The highest BCUT2D eigenvalue weighted by Gasteiger charge is 2.18. The summed E-state index contributed by atoms with van der Waals surface area (Å²) in [5, 5.41) is 2.50. The molecule has 0 radical (unpaired) electrons. The Labute approximate surface area is 161 Å². The van der Waals surface area contributed by atoms with Crippen LogP contribution in [-0.2, 0) is 17.6 Å². The molecule has 1 aromatic heterocycles. The molecule has 1 aliphatic heterocycles. The first kappa shape index (κ1) is 17.9. The molecule has 2 heterocycles. The predicted octanol–water partition coefficient (Wildman–Crippen LogP) is 1.93. The molecule has 1 aliphatic carbocycles. The van der Waals surface area contributed by atoms with Crippen LogP contribution in [0.3, 0.4) is 0 Å². The van der Waals surface area contributed by atoms with Gasteiger partial charge in [-0.05, 0) is 48.9 Å². The van der Waals surface area contributed by atoms with Crippen molar-refractivity contribution in [2.75, 3.05) is 31.2 Å². The van der Waals surface area contributed by atoms with Crippen molar-refractivity contribution < 1.29 is 14.3 Å². The summed E-state index contributed by atoms with van der Waals surface area (Å²) in [6, 6.07) is 5.75. The van der Waals surface area contributed by atoms with Crippen LogP contribution in [0.15, 0.2) is 23.6 Å². The van der Waals surface area contributed by atoms with Crippen LogP contribution < -0.4 is 15.8 Å². The van der Waals surface area contributed by atoms with Gasteiger partial charge in [-0.15, -0.1) is 11.3 Å². The number of hydrogen-bond donors (Lipinski definition) is 2. The summed E-state index contributed by atoms with van der Waals surface area (Å²) in [6.07, 6.45) is 4.44. The Morgan fingerprint density at radius 1 is 1.04 bits per heavy atom. The minimum absolute atomic E-state index is 0.298. The number of fused-ring (bicyclic) bond motifs is 1.